The number of rotatable bonds is 4. The van der Waals surface area contributed by atoms with Crippen LogP contribution in [0.5, 0.6) is 5.75 Å². The van der Waals surface area contributed by atoms with Gasteiger partial charge in [-0.3, -0.25) is 4.98 Å². The van der Waals surface area contributed by atoms with Crippen molar-refractivity contribution < 1.29 is 4.74 Å². The number of hydrogen-bond donors (Lipinski definition) is 1. The first-order chi connectivity index (χ1) is 5.86. The van der Waals surface area contributed by atoms with E-state index in [0.717, 1.165) is 30.0 Å². The van der Waals surface area contributed by atoms with Gasteiger partial charge in [0, 0.05) is 18.0 Å². The second kappa shape index (κ2) is 5.04. The van der Waals surface area contributed by atoms with Crippen LogP contribution in [0.2, 0.25) is 0 Å². The van der Waals surface area contributed by atoms with Crippen molar-refractivity contribution in [3.8, 4) is 5.75 Å². The van der Waals surface area contributed by atoms with Crippen LogP contribution in [0.25, 0.3) is 0 Å². The van der Waals surface area contributed by atoms with Gasteiger partial charge < -0.3 is 4.74 Å². The van der Waals surface area contributed by atoms with Crippen LogP contribution < -0.4 is 4.74 Å². The Balaban J connectivity index is 2.60. The molecule has 0 aliphatic heterocycles. The molecular formula is C9H13NOS. The van der Waals surface area contributed by atoms with Crippen LogP contribution in [0.1, 0.15) is 12.1 Å². The molecule has 0 bridgehead atoms. The Morgan fingerprint density at radius 1 is 1.58 bits per heavy atom. The molecule has 3 heteroatoms. The maximum Gasteiger partial charge on any atom is 0.122 e. The Kier molecular flexibility index (Phi) is 3.94. The molecule has 1 heterocycles. The summed E-state index contributed by atoms with van der Waals surface area (Å²) in [6.07, 6.45) is 3.80. The van der Waals surface area contributed by atoms with Gasteiger partial charge in [0.2, 0.25) is 0 Å². The molecule has 0 amide bonds. The van der Waals surface area contributed by atoms with Crippen molar-refractivity contribution in [1.29, 1.82) is 0 Å². The molecule has 0 radical (unpaired) electrons. The highest BCUT2D eigenvalue weighted by Crippen LogP contribution is 2.11. The van der Waals surface area contributed by atoms with E-state index in [9.17, 15) is 0 Å². The summed E-state index contributed by atoms with van der Waals surface area (Å²) >= 11 is 4.14. The molecule has 1 aromatic rings. The highest BCUT2D eigenvalue weighted by atomic mass is 32.1. The smallest absolute Gasteiger partial charge is 0.122 e. The van der Waals surface area contributed by atoms with Gasteiger partial charge in [0.25, 0.3) is 0 Å². The molecule has 0 saturated heterocycles. The topological polar surface area (TPSA) is 22.1 Å². The number of pyridine rings is 1. The predicted molar refractivity (Wildman–Crippen MR) is 53.0 cm³/mol. The first-order valence-electron chi connectivity index (χ1n) is 3.96. The number of aromatic nitrogens is 1. The summed E-state index contributed by atoms with van der Waals surface area (Å²) in [5, 5.41) is 0. The van der Waals surface area contributed by atoms with Crippen LogP contribution in [-0.4, -0.2) is 17.8 Å². The third kappa shape index (κ3) is 2.74. The fourth-order valence-corrected chi connectivity index (χ4v) is 1.14. The monoisotopic (exact) mass is 183 g/mol. The lowest BCUT2D eigenvalue weighted by Crippen LogP contribution is -1.92. The van der Waals surface area contributed by atoms with Gasteiger partial charge in [-0.2, -0.15) is 12.6 Å². The predicted octanol–water partition coefficient (Wildman–Crippen LogP) is 1.95. The Labute approximate surface area is 78.4 Å². The van der Waals surface area contributed by atoms with Gasteiger partial charge in [-0.15, -0.1) is 0 Å². The van der Waals surface area contributed by atoms with E-state index in [1.165, 1.54) is 0 Å². The molecule has 0 unspecified atom stereocenters. The standard InChI is InChI=1S/C9H13NOS/c1-11-9-4-5-10-8(7-9)3-2-6-12/h4-5,7,12H,2-3,6H2,1H3. The number of methoxy groups -OCH3 is 1. The summed E-state index contributed by atoms with van der Waals surface area (Å²) in [7, 11) is 1.66. The molecule has 0 saturated carbocycles. The molecule has 0 aromatic carbocycles. The van der Waals surface area contributed by atoms with E-state index in [2.05, 4.69) is 17.6 Å². The third-order valence-electron chi connectivity index (χ3n) is 1.61. The van der Waals surface area contributed by atoms with E-state index < -0.39 is 0 Å². The third-order valence-corrected chi connectivity index (χ3v) is 1.93. The molecule has 0 fully saturated rings. The molecule has 0 aliphatic rings. The molecule has 2 nitrogen and oxygen atoms in total. The van der Waals surface area contributed by atoms with Gasteiger partial charge >= 0.3 is 0 Å². The Hall–Kier alpha value is -0.700. The molecule has 0 aliphatic carbocycles. The zero-order chi connectivity index (χ0) is 8.81. The van der Waals surface area contributed by atoms with Crippen molar-refractivity contribution in [2.45, 2.75) is 12.8 Å². The normalized spacial score (nSPS) is 9.83. The van der Waals surface area contributed by atoms with Crippen LogP contribution in [0, 0.1) is 0 Å². The average molecular weight is 183 g/mol. The molecule has 0 spiro atoms. The fraction of sp³-hybridized carbons (Fsp3) is 0.444. The van der Waals surface area contributed by atoms with Gasteiger partial charge in [0.05, 0.1) is 7.11 Å². The lowest BCUT2D eigenvalue weighted by atomic mass is 10.2. The Bertz CT molecular complexity index is 240. The number of ether oxygens (including phenoxy) is 1. The molecular weight excluding hydrogens is 170 g/mol. The fourth-order valence-electron chi connectivity index (χ4n) is 0.980. The molecule has 1 aromatic heterocycles. The molecule has 1 rings (SSSR count). The van der Waals surface area contributed by atoms with Crippen LogP contribution >= 0.6 is 12.6 Å². The van der Waals surface area contributed by atoms with Crippen molar-refractivity contribution in [2.75, 3.05) is 12.9 Å². The minimum absolute atomic E-state index is 0.874. The number of thiol groups is 1. The molecule has 66 valence electrons. The zero-order valence-corrected chi connectivity index (χ0v) is 8.05. The van der Waals surface area contributed by atoms with E-state index in [1.54, 1.807) is 13.3 Å². The van der Waals surface area contributed by atoms with E-state index in [0.29, 0.717) is 0 Å². The minimum atomic E-state index is 0.874. The lowest BCUT2D eigenvalue weighted by Gasteiger charge is -2.01. The molecule has 12 heavy (non-hydrogen) atoms. The van der Waals surface area contributed by atoms with Crippen LogP contribution in [0.3, 0.4) is 0 Å². The summed E-state index contributed by atoms with van der Waals surface area (Å²) in [6, 6.07) is 3.81. The largest absolute Gasteiger partial charge is 0.497 e. The number of hydrogen-bond acceptors (Lipinski definition) is 3. The van der Waals surface area contributed by atoms with Gasteiger partial charge in [-0.1, -0.05) is 0 Å². The lowest BCUT2D eigenvalue weighted by molar-refractivity contribution is 0.413. The van der Waals surface area contributed by atoms with Crippen molar-refractivity contribution >= 4 is 12.6 Å². The maximum absolute atomic E-state index is 5.08. The maximum atomic E-state index is 5.08. The second-order valence-corrected chi connectivity index (χ2v) is 2.96. The van der Waals surface area contributed by atoms with Crippen LogP contribution in [0.4, 0.5) is 0 Å². The summed E-state index contributed by atoms with van der Waals surface area (Å²) in [6.45, 7) is 0. The molecule has 0 N–H and O–H groups in total. The first-order valence-corrected chi connectivity index (χ1v) is 4.60. The summed E-state index contributed by atoms with van der Waals surface area (Å²) in [5.74, 6) is 1.78. The quantitative estimate of drug-likeness (QED) is 0.721. The first kappa shape index (κ1) is 9.39. The van der Waals surface area contributed by atoms with Crippen molar-refractivity contribution in [2.24, 2.45) is 0 Å². The SMILES string of the molecule is COc1ccnc(CCCS)c1. The van der Waals surface area contributed by atoms with Crippen LogP contribution in [-0.2, 0) is 6.42 Å². The summed E-state index contributed by atoms with van der Waals surface area (Å²) in [5.41, 5.74) is 1.07. The minimum Gasteiger partial charge on any atom is -0.497 e. The van der Waals surface area contributed by atoms with Gasteiger partial charge in [0.15, 0.2) is 0 Å². The summed E-state index contributed by atoms with van der Waals surface area (Å²) in [4.78, 5) is 4.21. The second-order valence-electron chi connectivity index (χ2n) is 2.51. The van der Waals surface area contributed by atoms with E-state index >= 15 is 0 Å². The van der Waals surface area contributed by atoms with E-state index in [1.807, 2.05) is 12.1 Å². The van der Waals surface area contributed by atoms with Gasteiger partial charge in [0.1, 0.15) is 5.75 Å². The van der Waals surface area contributed by atoms with Gasteiger partial charge in [-0.25, -0.2) is 0 Å². The number of aryl methyl sites for hydroxylation is 1. The van der Waals surface area contributed by atoms with E-state index in [4.69, 9.17) is 4.74 Å². The Morgan fingerprint density at radius 3 is 3.08 bits per heavy atom. The van der Waals surface area contributed by atoms with Gasteiger partial charge in [-0.05, 0) is 24.7 Å². The number of nitrogens with zero attached hydrogens (tertiary/aromatic N) is 1. The summed E-state index contributed by atoms with van der Waals surface area (Å²) < 4.78 is 5.08. The highest BCUT2D eigenvalue weighted by Gasteiger charge is 1.95. The zero-order valence-electron chi connectivity index (χ0n) is 7.16. The van der Waals surface area contributed by atoms with Crippen molar-refractivity contribution in [3.63, 3.8) is 0 Å². The van der Waals surface area contributed by atoms with E-state index in [-0.39, 0.29) is 0 Å². The Morgan fingerprint density at radius 2 is 2.42 bits per heavy atom. The molecule has 0 atom stereocenters. The highest BCUT2D eigenvalue weighted by molar-refractivity contribution is 7.80. The van der Waals surface area contributed by atoms with Crippen molar-refractivity contribution in [3.05, 3.63) is 24.0 Å². The average Bonchev–Trinajstić information content (AvgIpc) is 2.15. The van der Waals surface area contributed by atoms with Crippen LogP contribution in [0.15, 0.2) is 18.3 Å². The van der Waals surface area contributed by atoms with Crippen molar-refractivity contribution in [1.82, 2.24) is 4.98 Å².